The number of hydrogen-bond donors (Lipinski definition) is 2. The summed E-state index contributed by atoms with van der Waals surface area (Å²) in [7, 11) is 0. The highest BCUT2D eigenvalue weighted by molar-refractivity contribution is 6.21. The van der Waals surface area contributed by atoms with Crippen LogP contribution in [0.4, 0.5) is 0 Å². The molecule has 5 heteroatoms. The molecule has 0 amide bonds. The topological polar surface area (TPSA) is 66.7 Å². The van der Waals surface area contributed by atoms with E-state index in [1.54, 1.807) is 6.07 Å². The number of fused-ring (bicyclic) bond motifs is 5. The summed E-state index contributed by atoms with van der Waals surface area (Å²) in [5.41, 5.74) is 6.48. The lowest BCUT2D eigenvalue weighted by Crippen LogP contribution is -2.00. The molecule has 0 bridgehead atoms. The van der Waals surface area contributed by atoms with Crippen LogP contribution in [-0.2, 0) is 0 Å². The third-order valence-corrected chi connectivity index (χ3v) is 7.48. The van der Waals surface area contributed by atoms with Crippen molar-refractivity contribution in [1.82, 2.24) is 19.7 Å². The lowest BCUT2D eigenvalue weighted by molar-refractivity contribution is 0.477. The fraction of sp³-hybridized carbons (Fsp3) is 0. The lowest BCUT2D eigenvalue weighted by atomic mass is 9.96. The molecule has 8 rings (SSSR count). The van der Waals surface area contributed by atoms with Crippen molar-refractivity contribution in [2.45, 2.75) is 0 Å². The molecule has 5 nitrogen and oxygen atoms in total. The number of hydrogen-bond acceptors (Lipinski definition) is 3. The maximum Gasteiger partial charge on any atom is 0.154 e. The number of aromatic amines is 1. The van der Waals surface area contributed by atoms with E-state index in [0.29, 0.717) is 17.1 Å². The normalized spacial score (nSPS) is 11.7. The minimum Gasteiger partial charge on any atom is -0.507 e. The van der Waals surface area contributed by atoms with E-state index in [0.717, 1.165) is 38.6 Å². The summed E-state index contributed by atoms with van der Waals surface area (Å²) in [5, 5.41) is 21.4. The van der Waals surface area contributed by atoms with Crippen LogP contribution in [0.2, 0.25) is 0 Å². The fourth-order valence-corrected chi connectivity index (χ4v) is 5.70. The summed E-state index contributed by atoms with van der Waals surface area (Å²) >= 11 is 0. The number of phenolic OH excluding ortho intramolecular Hbond substituents is 1. The Labute approximate surface area is 223 Å². The first-order valence-electron chi connectivity index (χ1n) is 12.9. The molecule has 0 aliphatic carbocycles. The molecular formula is C34H22N4O. The number of phenols is 1. The van der Waals surface area contributed by atoms with Gasteiger partial charge in [0.15, 0.2) is 5.82 Å². The molecule has 0 atom stereocenters. The third kappa shape index (κ3) is 3.27. The van der Waals surface area contributed by atoms with Crippen LogP contribution < -0.4 is 0 Å². The fourth-order valence-electron chi connectivity index (χ4n) is 5.70. The van der Waals surface area contributed by atoms with E-state index < -0.39 is 0 Å². The number of rotatable bonds is 3. The maximum atomic E-state index is 10.4. The predicted octanol–water partition coefficient (Wildman–Crippen LogP) is 8.25. The Morgan fingerprint density at radius 1 is 0.641 bits per heavy atom. The van der Waals surface area contributed by atoms with Crippen molar-refractivity contribution < 1.29 is 5.11 Å². The van der Waals surface area contributed by atoms with Gasteiger partial charge >= 0.3 is 0 Å². The molecule has 184 valence electrons. The Kier molecular flexibility index (Phi) is 4.60. The molecular weight excluding hydrogens is 480 g/mol. The third-order valence-electron chi connectivity index (χ3n) is 7.48. The molecule has 0 saturated heterocycles. The molecule has 0 unspecified atom stereocenters. The summed E-state index contributed by atoms with van der Waals surface area (Å²) in [6, 6.07) is 40.5. The monoisotopic (exact) mass is 502 g/mol. The van der Waals surface area contributed by atoms with Crippen LogP contribution in [-0.4, -0.2) is 24.9 Å². The van der Waals surface area contributed by atoms with Crippen LogP contribution in [0.25, 0.3) is 71.8 Å². The smallest absolute Gasteiger partial charge is 0.154 e. The number of benzene rings is 5. The summed E-state index contributed by atoms with van der Waals surface area (Å²) in [6.07, 6.45) is 0. The SMILES string of the molecule is Oc1ccccc1-c1cccc(-n2nc(-c3c4ccccc4cc4c3[nH]c3ccccc34)c3ccccc32)n1. The van der Waals surface area contributed by atoms with Gasteiger partial charge in [0.25, 0.3) is 0 Å². The first kappa shape index (κ1) is 21.6. The molecule has 39 heavy (non-hydrogen) atoms. The van der Waals surface area contributed by atoms with Crippen LogP contribution in [0.3, 0.4) is 0 Å². The summed E-state index contributed by atoms with van der Waals surface area (Å²) in [6.45, 7) is 0. The first-order valence-corrected chi connectivity index (χ1v) is 12.9. The number of aromatic hydroxyl groups is 1. The van der Waals surface area contributed by atoms with Gasteiger partial charge in [-0.15, -0.1) is 0 Å². The average Bonchev–Trinajstić information content (AvgIpc) is 3.55. The zero-order valence-electron chi connectivity index (χ0n) is 20.8. The van der Waals surface area contributed by atoms with Gasteiger partial charge in [-0.25, -0.2) is 9.67 Å². The molecule has 0 saturated carbocycles. The Bertz CT molecular complexity index is 2210. The highest BCUT2D eigenvalue weighted by Crippen LogP contribution is 2.41. The van der Waals surface area contributed by atoms with Crippen molar-refractivity contribution in [3.05, 3.63) is 121 Å². The Balaban J connectivity index is 1.44. The van der Waals surface area contributed by atoms with Gasteiger partial charge in [0.2, 0.25) is 0 Å². The van der Waals surface area contributed by atoms with Gasteiger partial charge in [0, 0.05) is 32.8 Å². The molecule has 3 heterocycles. The number of H-pyrrole nitrogens is 1. The van der Waals surface area contributed by atoms with E-state index in [1.807, 2.05) is 47.1 Å². The molecule has 8 aromatic rings. The Morgan fingerprint density at radius 2 is 1.38 bits per heavy atom. The summed E-state index contributed by atoms with van der Waals surface area (Å²) in [4.78, 5) is 8.62. The van der Waals surface area contributed by atoms with E-state index in [4.69, 9.17) is 10.1 Å². The zero-order chi connectivity index (χ0) is 25.9. The Hall–Kier alpha value is -5.42. The molecule has 0 spiro atoms. The standard InChI is InChI=1S/C34H22N4O/c39-30-18-8-5-13-24(30)28-16-9-19-31(35-28)38-29-17-7-4-14-25(29)34(37-38)32-22-11-2-1-10-21(22)20-26-23-12-3-6-15-27(23)36-33(26)32/h1-20,36,39H. The number of para-hydroxylation sites is 3. The van der Waals surface area contributed by atoms with Crippen LogP contribution in [0.5, 0.6) is 5.75 Å². The van der Waals surface area contributed by atoms with E-state index >= 15 is 0 Å². The second-order valence-corrected chi connectivity index (χ2v) is 9.74. The van der Waals surface area contributed by atoms with Crippen LogP contribution >= 0.6 is 0 Å². The number of nitrogens with zero attached hydrogens (tertiary/aromatic N) is 3. The predicted molar refractivity (Wildman–Crippen MR) is 158 cm³/mol. The van der Waals surface area contributed by atoms with Gasteiger partial charge in [-0.1, -0.05) is 78.9 Å². The van der Waals surface area contributed by atoms with Crippen molar-refractivity contribution in [2.24, 2.45) is 0 Å². The molecule has 0 aliphatic heterocycles. The lowest BCUT2D eigenvalue weighted by Gasteiger charge is -2.08. The highest BCUT2D eigenvalue weighted by Gasteiger charge is 2.21. The highest BCUT2D eigenvalue weighted by atomic mass is 16.3. The van der Waals surface area contributed by atoms with E-state index in [-0.39, 0.29) is 5.75 Å². The van der Waals surface area contributed by atoms with Crippen LogP contribution in [0, 0.1) is 0 Å². The van der Waals surface area contributed by atoms with Crippen LogP contribution in [0.1, 0.15) is 0 Å². The molecule has 3 aromatic heterocycles. The van der Waals surface area contributed by atoms with Gasteiger partial charge in [-0.05, 0) is 53.2 Å². The number of nitrogens with one attached hydrogen (secondary N) is 1. The van der Waals surface area contributed by atoms with Crippen molar-refractivity contribution in [2.75, 3.05) is 0 Å². The van der Waals surface area contributed by atoms with E-state index in [1.165, 1.54) is 16.2 Å². The molecule has 5 aromatic carbocycles. The molecule has 0 fully saturated rings. The van der Waals surface area contributed by atoms with Crippen LogP contribution in [0.15, 0.2) is 121 Å². The Morgan fingerprint density at radius 3 is 2.28 bits per heavy atom. The second-order valence-electron chi connectivity index (χ2n) is 9.74. The van der Waals surface area contributed by atoms with Crippen molar-refractivity contribution >= 4 is 43.5 Å². The number of aromatic nitrogens is 4. The van der Waals surface area contributed by atoms with Crippen molar-refractivity contribution in [3.8, 4) is 34.1 Å². The minimum atomic E-state index is 0.199. The van der Waals surface area contributed by atoms with E-state index in [2.05, 4.69) is 77.8 Å². The average molecular weight is 503 g/mol. The molecule has 0 radical (unpaired) electrons. The first-order chi connectivity index (χ1) is 19.3. The number of pyridine rings is 1. The van der Waals surface area contributed by atoms with E-state index in [9.17, 15) is 5.11 Å². The molecule has 0 aliphatic rings. The van der Waals surface area contributed by atoms with Crippen molar-refractivity contribution in [3.63, 3.8) is 0 Å². The van der Waals surface area contributed by atoms with Gasteiger partial charge in [-0.3, -0.25) is 0 Å². The largest absolute Gasteiger partial charge is 0.507 e. The van der Waals surface area contributed by atoms with Gasteiger partial charge in [0.1, 0.15) is 11.4 Å². The zero-order valence-corrected chi connectivity index (χ0v) is 20.8. The van der Waals surface area contributed by atoms with Crippen molar-refractivity contribution in [1.29, 1.82) is 0 Å². The van der Waals surface area contributed by atoms with Gasteiger partial charge < -0.3 is 10.1 Å². The van der Waals surface area contributed by atoms with Gasteiger partial charge in [0.05, 0.1) is 16.7 Å². The maximum absolute atomic E-state index is 10.4. The molecule has 2 N–H and O–H groups in total. The second kappa shape index (κ2) is 8.30. The summed E-state index contributed by atoms with van der Waals surface area (Å²) in [5.74, 6) is 0.886. The minimum absolute atomic E-state index is 0.199. The quantitative estimate of drug-likeness (QED) is 0.256. The summed E-state index contributed by atoms with van der Waals surface area (Å²) < 4.78 is 1.91. The van der Waals surface area contributed by atoms with Gasteiger partial charge in [-0.2, -0.15) is 5.10 Å².